The Morgan fingerprint density at radius 1 is 1.46 bits per heavy atom. The number of ether oxygens (including phenoxy) is 1. The fourth-order valence-electron chi connectivity index (χ4n) is 2.50. The van der Waals surface area contributed by atoms with E-state index < -0.39 is 12.1 Å². The molecule has 0 bridgehead atoms. The summed E-state index contributed by atoms with van der Waals surface area (Å²) in [5, 5.41) is 16.6. The Kier molecular flexibility index (Phi) is 5.21. The van der Waals surface area contributed by atoms with Crippen LogP contribution in [0.3, 0.4) is 0 Å². The van der Waals surface area contributed by atoms with Crippen LogP contribution in [0.4, 0.5) is 0 Å². The number of nitrogens with zero attached hydrogens (tertiary/aromatic N) is 3. The quantitative estimate of drug-likeness (QED) is 0.839. The van der Waals surface area contributed by atoms with Crippen molar-refractivity contribution in [3.05, 3.63) is 22.7 Å². The van der Waals surface area contributed by atoms with Gasteiger partial charge in [0.05, 0.1) is 19.1 Å². The van der Waals surface area contributed by atoms with Gasteiger partial charge in [-0.05, 0) is 11.4 Å². The first-order valence-corrected chi connectivity index (χ1v) is 8.52. The van der Waals surface area contributed by atoms with Crippen molar-refractivity contribution in [3.8, 4) is 11.4 Å². The van der Waals surface area contributed by atoms with E-state index in [1.54, 1.807) is 16.2 Å². The van der Waals surface area contributed by atoms with Gasteiger partial charge in [0.25, 0.3) is 0 Å². The maximum atomic E-state index is 12.3. The minimum Gasteiger partial charge on any atom is -0.481 e. The van der Waals surface area contributed by atoms with Crippen LogP contribution < -0.4 is 0 Å². The zero-order chi connectivity index (χ0) is 16.9. The Labute approximate surface area is 142 Å². The number of thiophene rings is 1. The summed E-state index contributed by atoms with van der Waals surface area (Å²) in [5.74, 6) is -0.0587. The summed E-state index contributed by atoms with van der Waals surface area (Å²) < 4.78 is 10.5. The van der Waals surface area contributed by atoms with Gasteiger partial charge in [-0.1, -0.05) is 5.16 Å². The van der Waals surface area contributed by atoms with Crippen LogP contribution in [0, 0.1) is 0 Å². The summed E-state index contributed by atoms with van der Waals surface area (Å²) in [6.07, 6.45) is 0.0492. The summed E-state index contributed by atoms with van der Waals surface area (Å²) in [7, 11) is 0. The molecule has 2 aromatic heterocycles. The van der Waals surface area contributed by atoms with E-state index in [1.807, 2.05) is 16.8 Å². The van der Waals surface area contributed by atoms with Crippen molar-refractivity contribution in [3.63, 3.8) is 0 Å². The van der Waals surface area contributed by atoms with Gasteiger partial charge in [0, 0.05) is 36.9 Å². The molecule has 1 aliphatic heterocycles. The van der Waals surface area contributed by atoms with Crippen LogP contribution in [0.1, 0.15) is 18.7 Å². The van der Waals surface area contributed by atoms with E-state index in [4.69, 9.17) is 14.4 Å². The zero-order valence-electron chi connectivity index (χ0n) is 12.9. The van der Waals surface area contributed by atoms with Gasteiger partial charge in [-0.25, -0.2) is 0 Å². The predicted octanol–water partition coefficient (Wildman–Crippen LogP) is 1.43. The molecule has 24 heavy (non-hydrogen) atoms. The summed E-state index contributed by atoms with van der Waals surface area (Å²) >= 11 is 1.55. The van der Waals surface area contributed by atoms with Crippen molar-refractivity contribution in [2.45, 2.75) is 25.4 Å². The molecule has 0 aromatic carbocycles. The summed E-state index contributed by atoms with van der Waals surface area (Å²) in [6, 6.07) is 1.90. The number of aliphatic carboxylic acids is 1. The lowest BCUT2D eigenvalue weighted by Gasteiger charge is -2.32. The average Bonchev–Trinajstić information content (AvgIpc) is 3.23. The van der Waals surface area contributed by atoms with Crippen LogP contribution in [0.5, 0.6) is 0 Å². The molecule has 1 aliphatic rings. The lowest BCUT2D eigenvalue weighted by Crippen LogP contribution is -2.46. The lowest BCUT2D eigenvalue weighted by molar-refractivity contribution is -0.147. The molecule has 1 atom stereocenters. The lowest BCUT2D eigenvalue weighted by atomic mass is 10.2. The normalized spacial score (nSPS) is 17.8. The van der Waals surface area contributed by atoms with E-state index in [0.29, 0.717) is 37.8 Å². The van der Waals surface area contributed by atoms with Crippen LogP contribution in [0.25, 0.3) is 11.4 Å². The number of carboxylic acids is 1. The maximum Gasteiger partial charge on any atom is 0.306 e. The summed E-state index contributed by atoms with van der Waals surface area (Å²) in [6.45, 7) is 1.13. The summed E-state index contributed by atoms with van der Waals surface area (Å²) in [4.78, 5) is 28.9. The van der Waals surface area contributed by atoms with Crippen molar-refractivity contribution in [2.75, 3.05) is 19.7 Å². The minimum atomic E-state index is -0.930. The van der Waals surface area contributed by atoms with Gasteiger partial charge in [0.1, 0.15) is 0 Å². The Hall–Kier alpha value is -2.26. The number of hydrogen-bond donors (Lipinski definition) is 1. The Bertz CT molecular complexity index is 700. The number of rotatable bonds is 6. The highest BCUT2D eigenvalue weighted by molar-refractivity contribution is 7.08. The number of carboxylic acid groups (broad SMARTS) is 1. The minimum absolute atomic E-state index is 0.0658. The van der Waals surface area contributed by atoms with Gasteiger partial charge < -0.3 is 19.3 Å². The molecule has 1 amide bonds. The third-order valence-corrected chi connectivity index (χ3v) is 4.38. The number of aryl methyl sites for hydroxylation is 1. The molecule has 0 radical (unpaired) electrons. The van der Waals surface area contributed by atoms with Gasteiger partial charge in [-0.3, -0.25) is 9.59 Å². The first kappa shape index (κ1) is 16.6. The van der Waals surface area contributed by atoms with Crippen molar-refractivity contribution >= 4 is 23.2 Å². The number of morpholine rings is 1. The van der Waals surface area contributed by atoms with Crippen LogP contribution in [-0.2, 0) is 20.7 Å². The number of carbonyl (C=O) groups excluding carboxylic acids is 1. The topological polar surface area (TPSA) is 106 Å². The molecule has 0 saturated carbocycles. The SMILES string of the molecule is O=C(O)C[C@@H]1CN(C(=O)CCc2nc(-c3ccsc3)no2)CCO1. The third-order valence-electron chi connectivity index (χ3n) is 3.69. The highest BCUT2D eigenvalue weighted by Gasteiger charge is 2.26. The molecule has 3 rings (SSSR count). The maximum absolute atomic E-state index is 12.3. The Balaban J connectivity index is 1.51. The molecular weight excluding hydrogens is 334 g/mol. The molecule has 0 unspecified atom stereocenters. The van der Waals surface area contributed by atoms with Crippen LogP contribution in [-0.4, -0.2) is 57.8 Å². The van der Waals surface area contributed by atoms with Crippen molar-refractivity contribution < 1.29 is 24.0 Å². The second kappa shape index (κ2) is 7.54. The Morgan fingerprint density at radius 3 is 3.08 bits per heavy atom. The van der Waals surface area contributed by atoms with Crippen LogP contribution in [0.15, 0.2) is 21.3 Å². The molecule has 1 saturated heterocycles. The van der Waals surface area contributed by atoms with Crippen molar-refractivity contribution in [1.29, 1.82) is 0 Å². The second-order valence-corrected chi connectivity index (χ2v) is 6.23. The van der Waals surface area contributed by atoms with E-state index in [2.05, 4.69) is 10.1 Å². The smallest absolute Gasteiger partial charge is 0.306 e. The molecule has 2 aromatic rings. The van der Waals surface area contributed by atoms with Gasteiger partial charge in [0.2, 0.25) is 17.6 Å². The zero-order valence-corrected chi connectivity index (χ0v) is 13.7. The van der Waals surface area contributed by atoms with Crippen molar-refractivity contribution in [1.82, 2.24) is 15.0 Å². The molecule has 0 aliphatic carbocycles. The average molecular weight is 351 g/mol. The fourth-order valence-corrected chi connectivity index (χ4v) is 3.14. The molecule has 9 heteroatoms. The first-order valence-electron chi connectivity index (χ1n) is 7.58. The number of amides is 1. The van der Waals surface area contributed by atoms with Gasteiger partial charge in [-0.2, -0.15) is 16.3 Å². The largest absolute Gasteiger partial charge is 0.481 e. The van der Waals surface area contributed by atoms with E-state index in [0.717, 1.165) is 5.56 Å². The molecule has 1 fully saturated rings. The number of hydrogen-bond acceptors (Lipinski definition) is 7. The van der Waals surface area contributed by atoms with Crippen LogP contribution >= 0.6 is 11.3 Å². The molecular formula is C15H17N3O5S. The van der Waals surface area contributed by atoms with Crippen LogP contribution in [0.2, 0.25) is 0 Å². The summed E-state index contributed by atoms with van der Waals surface area (Å²) in [5.41, 5.74) is 0.894. The highest BCUT2D eigenvalue weighted by Crippen LogP contribution is 2.19. The number of aromatic nitrogens is 2. The molecule has 0 spiro atoms. The first-order chi connectivity index (χ1) is 11.6. The van der Waals surface area contributed by atoms with E-state index in [9.17, 15) is 9.59 Å². The second-order valence-electron chi connectivity index (χ2n) is 5.45. The number of carbonyl (C=O) groups is 2. The van der Waals surface area contributed by atoms with Gasteiger partial charge >= 0.3 is 5.97 Å². The standard InChI is InChI=1S/C15H17N3O5S/c19-13(18-4-5-22-11(8-18)7-14(20)21)2-1-12-16-15(17-23-12)10-3-6-24-9-10/h3,6,9,11H,1-2,4-5,7-8H2,(H,20,21)/t11-/m1/s1. The van der Waals surface area contributed by atoms with Crippen molar-refractivity contribution in [2.24, 2.45) is 0 Å². The molecule has 8 nitrogen and oxygen atoms in total. The Morgan fingerprint density at radius 2 is 2.33 bits per heavy atom. The fraction of sp³-hybridized carbons (Fsp3) is 0.467. The molecule has 3 heterocycles. The molecule has 128 valence electrons. The van der Waals surface area contributed by atoms with E-state index in [-0.39, 0.29) is 18.7 Å². The highest BCUT2D eigenvalue weighted by atomic mass is 32.1. The van der Waals surface area contributed by atoms with E-state index in [1.165, 1.54) is 0 Å². The molecule has 1 N–H and O–H groups in total. The van der Waals surface area contributed by atoms with Gasteiger partial charge in [-0.15, -0.1) is 0 Å². The van der Waals surface area contributed by atoms with Gasteiger partial charge in [0.15, 0.2) is 0 Å². The monoisotopic (exact) mass is 351 g/mol. The predicted molar refractivity (Wildman–Crippen MR) is 84.5 cm³/mol. The van der Waals surface area contributed by atoms with E-state index >= 15 is 0 Å². The third kappa shape index (κ3) is 4.18.